The zero-order chi connectivity index (χ0) is 15.4. The van der Waals surface area contributed by atoms with E-state index in [0.717, 1.165) is 17.7 Å². The minimum absolute atomic E-state index is 0.163. The standard InChI is InChI=1S/C15H17Cl2N3O/c1-3-12-6-4-5-7-14(12)20(15(21)11(2)16)10-19-9-13(17)8-18-19/h4-9,11H,3,10H2,1-2H3. The molecular formula is C15H17Cl2N3O. The number of aryl methyl sites for hydroxylation is 1. The summed E-state index contributed by atoms with van der Waals surface area (Å²) in [6, 6.07) is 7.79. The summed E-state index contributed by atoms with van der Waals surface area (Å²) in [5.74, 6) is -0.163. The monoisotopic (exact) mass is 325 g/mol. The molecule has 0 bridgehead atoms. The van der Waals surface area contributed by atoms with Gasteiger partial charge in [0, 0.05) is 11.9 Å². The van der Waals surface area contributed by atoms with Gasteiger partial charge in [0.2, 0.25) is 5.91 Å². The number of nitrogens with zero attached hydrogens (tertiary/aromatic N) is 3. The fourth-order valence-corrected chi connectivity index (χ4v) is 2.39. The van der Waals surface area contributed by atoms with E-state index in [0.29, 0.717) is 5.02 Å². The second kappa shape index (κ2) is 6.96. The van der Waals surface area contributed by atoms with Crippen LogP contribution in [0.15, 0.2) is 36.7 Å². The average Bonchev–Trinajstić information content (AvgIpc) is 2.89. The number of benzene rings is 1. The lowest BCUT2D eigenvalue weighted by Gasteiger charge is -2.26. The average molecular weight is 326 g/mol. The molecular weight excluding hydrogens is 309 g/mol. The molecule has 112 valence electrons. The van der Waals surface area contributed by atoms with Crippen molar-refractivity contribution in [1.29, 1.82) is 0 Å². The molecule has 2 aromatic rings. The number of hydrogen-bond donors (Lipinski definition) is 0. The molecule has 1 aromatic carbocycles. The normalized spacial score (nSPS) is 12.2. The first kappa shape index (κ1) is 15.9. The molecule has 0 aliphatic carbocycles. The molecule has 1 heterocycles. The Labute approximate surface area is 134 Å². The van der Waals surface area contributed by atoms with Gasteiger partial charge >= 0.3 is 0 Å². The van der Waals surface area contributed by atoms with Crippen LogP contribution in [0.5, 0.6) is 0 Å². The van der Waals surface area contributed by atoms with Gasteiger partial charge in [0.25, 0.3) is 0 Å². The number of aromatic nitrogens is 2. The first-order chi connectivity index (χ1) is 10.0. The highest BCUT2D eigenvalue weighted by Gasteiger charge is 2.22. The summed E-state index contributed by atoms with van der Waals surface area (Å²) in [5, 5.41) is 4.05. The molecule has 0 fully saturated rings. The summed E-state index contributed by atoms with van der Waals surface area (Å²) in [7, 11) is 0. The highest BCUT2D eigenvalue weighted by atomic mass is 35.5. The van der Waals surface area contributed by atoms with E-state index in [1.54, 1.807) is 28.9 Å². The number of para-hydroxylation sites is 1. The van der Waals surface area contributed by atoms with E-state index in [4.69, 9.17) is 23.2 Å². The van der Waals surface area contributed by atoms with Gasteiger partial charge in [-0.2, -0.15) is 5.10 Å². The number of carbonyl (C=O) groups is 1. The Morgan fingerprint density at radius 3 is 2.71 bits per heavy atom. The predicted octanol–water partition coefficient (Wildman–Crippen LogP) is 3.72. The van der Waals surface area contributed by atoms with Crippen molar-refractivity contribution in [1.82, 2.24) is 9.78 Å². The second-order valence-corrected chi connectivity index (χ2v) is 5.80. The van der Waals surface area contributed by atoms with Gasteiger partial charge in [-0.1, -0.05) is 36.7 Å². The number of hydrogen-bond acceptors (Lipinski definition) is 2. The van der Waals surface area contributed by atoms with Crippen LogP contribution in [0.2, 0.25) is 5.02 Å². The van der Waals surface area contributed by atoms with Gasteiger partial charge in [0.15, 0.2) is 0 Å². The molecule has 1 atom stereocenters. The predicted molar refractivity (Wildman–Crippen MR) is 85.9 cm³/mol. The molecule has 0 N–H and O–H groups in total. The van der Waals surface area contributed by atoms with Gasteiger partial charge in [-0.25, -0.2) is 0 Å². The third-order valence-electron chi connectivity index (χ3n) is 3.16. The van der Waals surface area contributed by atoms with E-state index in [1.807, 2.05) is 24.3 Å². The lowest BCUT2D eigenvalue weighted by Crippen LogP contribution is -2.38. The van der Waals surface area contributed by atoms with Crippen LogP contribution in [0.25, 0.3) is 0 Å². The first-order valence-electron chi connectivity index (χ1n) is 6.74. The van der Waals surface area contributed by atoms with E-state index in [9.17, 15) is 4.79 Å². The van der Waals surface area contributed by atoms with Gasteiger partial charge in [0.1, 0.15) is 12.0 Å². The van der Waals surface area contributed by atoms with Crippen LogP contribution < -0.4 is 4.90 Å². The Bertz CT molecular complexity index is 625. The van der Waals surface area contributed by atoms with Crippen molar-refractivity contribution >= 4 is 34.8 Å². The van der Waals surface area contributed by atoms with Crippen molar-refractivity contribution in [3.63, 3.8) is 0 Å². The summed E-state index contributed by atoms with van der Waals surface area (Å²) in [6.45, 7) is 4.00. The lowest BCUT2D eigenvalue weighted by molar-refractivity contribution is -0.118. The third kappa shape index (κ3) is 3.77. The second-order valence-electron chi connectivity index (χ2n) is 4.70. The van der Waals surface area contributed by atoms with Crippen molar-refractivity contribution in [2.45, 2.75) is 32.3 Å². The molecule has 4 nitrogen and oxygen atoms in total. The Hall–Kier alpha value is -1.52. The Balaban J connectivity index is 2.38. The molecule has 1 amide bonds. The molecule has 0 aliphatic heterocycles. The molecule has 21 heavy (non-hydrogen) atoms. The quantitative estimate of drug-likeness (QED) is 0.786. The van der Waals surface area contributed by atoms with Crippen LogP contribution in [0.1, 0.15) is 19.4 Å². The Morgan fingerprint density at radius 2 is 2.14 bits per heavy atom. The van der Waals surface area contributed by atoms with E-state index >= 15 is 0 Å². The molecule has 1 unspecified atom stereocenters. The molecule has 1 aromatic heterocycles. The van der Waals surface area contributed by atoms with Crippen LogP contribution in [0.4, 0.5) is 5.69 Å². The van der Waals surface area contributed by atoms with Crippen molar-refractivity contribution in [3.05, 3.63) is 47.2 Å². The maximum atomic E-state index is 12.4. The van der Waals surface area contributed by atoms with Crippen LogP contribution in [0, 0.1) is 0 Å². The molecule has 0 saturated carbocycles. The van der Waals surface area contributed by atoms with Gasteiger partial charge in [0.05, 0.1) is 11.2 Å². The third-order valence-corrected chi connectivity index (χ3v) is 3.54. The molecule has 2 rings (SSSR count). The Morgan fingerprint density at radius 1 is 1.43 bits per heavy atom. The Kier molecular flexibility index (Phi) is 5.26. The number of amides is 1. The number of alkyl halides is 1. The molecule has 0 radical (unpaired) electrons. The number of anilines is 1. The van der Waals surface area contributed by atoms with Crippen LogP contribution in [-0.4, -0.2) is 21.1 Å². The molecule has 0 spiro atoms. The molecule has 0 aliphatic rings. The van der Waals surface area contributed by atoms with Crippen molar-refractivity contribution in [2.24, 2.45) is 0 Å². The lowest BCUT2D eigenvalue weighted by atomic mass is 10.1. The summed E-state index contributed by atoms with van der Waals surface area (Å²) >= 11 is 11.9. The van der Waals surface area contributed by atoms with E-state index in [1.165, 1.54) is 0 Å². The van der Waals surface area contributed by atoms with Crippen molar-refractivity contribution < 1.29 is 4.79 Å². The number of rotatable bonds is 5. The van der Waals surface area contributed by atoms with Gasteiger partial charge in [-0.05, 0) is 25.0 Å². The number of carbonyl (C=O) groups excluding carboxylic acids is 1. The largest absolute Gasteiger partial charge is 0.291 e. The summed E-state index contributed by atoms with van der Waals surface area (Å²) in [5.41, 5.74) is 1.94. The minimum atomic E-state index is -0.610. The molecule has 6 heteroatoms. The smallest absolute Gasteiger partial charge is 0.246 e. The van der Waals surface area contributed by atoms with Crippen molar-refractivity contribution in [2.75, 3.05) is 4.90 Å². The zero-order valence-corrected chi connectivity index (χ0v) is 13.5. The van der Waals surface area contributed by atoms with Crippen LogP contribution in [0.3, 0.4) is 0 Å². The maximum absolute atomic E-state index is 12.4. The highest BCUT2D eigenvalue weighted by Crippen LogP contribution is 2.23. The maximum Gasteiger partial charge on any atom is 0.246 e. The van der Waals surface area contributed by atoms with E-state index < -0.39 is 5.38 Å². The highest BCUT2D eigenvalue weighted by molar-refractivity contribution is 6.32. The molecule has 0 saturated heterocycles. The van der Waals surface area contributed by atoms with Gasteiger partial charge < -0.3 is 0 Å². The van der Waals surface area contributed by atoms with Gasteiger partial charge in [-0.3, -0.25) is 14.4 Å². The zero-order valence-electron chi connectivity index (χ0n) is 12.0. The topological polar surface area (TPSA) is 38.1 Å². The van der Waals surface area contributed by atoms with E-state index in [2.05, 4.69) is 12.0 Å². The summed E-state index contributed by atoms with van der Waals surface area (Å²) in [6.07, 6.45) is 4.05. The SMILES string of the molecule is CCc1ccccc1N(Cn1cc(Cl)cn1)C(=O)C(C)Cl. The van der Waals surface area contributed by atoms with Crippen LogP contribution in [-0.2, 0) is 17.9 Å². The van der Waals surface area contributed by atoms with E-state index in [-0.39, 0.29) is 12.6 Å². The van der Waals surface area contributed by atoms with Gasteiger partial charge in [-0.15, -0.1) is 11.6 Å². The number of halogens is 2. The summed E-state index contributed by atoms with van der Waals surface area (Å²) < 4.78 is 1.62. The summed E-state index contributed by atoms with van der Waals surface area (Å²) in [4.78, 5) is 14.1. The fourth-order valence-electron chi connectivity index (χ4n) is 2.11. The minimum Gasteiger partial charge on any atom is -0.291 e. The van der Waals surface area contributed by atoms with Crippen molar-refractivity contribution in [3.8, 4) is 0 Å². The fraction of sp³-hybridized carbons (Fsp3) is 0.333. The van der Waals surface area contributed by atoms with Crippen LogP contribution >= 0.6 is 23.2 Å². The first-order valence-corrected chi connectivity index (χ1v) is 7.55.